The summed E-state index contributed by atoms with van der Waals surface area (Å²) in [7, 11) is 0. The quantitative estimate of drug-likeness (QED) is 0.570. The van der Waals surface area contributed by atoms with Crippen LogP contribution in [0, 0.1) is 5.41 Å². The zero-order valence-electron chi connectivity index (χ0n) is 9.95. The Balaban J connectivity index is 3.42. The first kappa shape index (κ1) is 13.0. The molecule has 0 aliphatic heterocycles. The van der Waals surface area contributed by atoms with Crippen molar-refractivity contribution in [2.75, 3.05) is 13.1 Å². The summed E-state index contributed by atoms with van der Waals surface area (Å²) in [4.78, 5) is 0. The molecule has 0 aliphatic rings. The van der Waals surface area contributed by atoms with Gasteiger partial charge in [-0.25, -0.2) is 0 Å². The number of hydrogen-bond acceptors (Lipinski definition) is 1. The molecule has 0 rings (SSSR count). The lowest BCUT2D eigenvalue weighted by molar-refractivity contribution is 0.291. The summed E-state index contributed by atoms with van der Waals surface area (Å²) in [6.45, 7) is 11.5. The third-order valence-corrected chi connectivity index (χ3v) is 2.69. The Kier molecular flexibility index (Phi) is 7.35. The molecule has 0 heterocycles. The molecule has 0 atom stereocenters. The van der Waals surface area contributed by atoms with Crippen molar-refractivity contribution in [1.82, 2.24) is 5.32 Å². The van der Waals surface area contributed by atoms with Gasteiger partial charge in [-0.05, 0) is 31.3 Å². The molecule has 13 heavy (non-hydrogen) atoms. The Hall–Kier alpha value is -0.0400. The van der Waals surface area contributed by atoms with Gasteiger partial charge in [-0.15, -0.1) is 0 Å². The highest BCUT2D eigenvalue weighted by Gasteiger charge is 2.15. The molecule has 1 heteroatoms. The van der Waals surface area contributed by atoms with Crippen molar-refractivity contribution in [2.45, 2.75) is 59.8 Å². The molecule has 0 aromatic heterocycles. The van der Waals surface area contributed by atoms with Gasteiger partial charge >= 0.3 is 0 Å². The van der Waals surface area contributed by atoms with Crippen LogP contribution in [-0.4, -0.2) is 13.1 Å². The van der Waals surface area contributed by atoms with Gasteiger partial charge < -0.3 is 5.32 Å². The first-order valence-electron chi connectivity index (χ1n) is 5.83. The van der Waals surface area contributed by atoms with E-state index in [0.29, 0.717) is 5.41 Å². The number of nitrogens with one attached hydrogen (secondary N) is 1. The maximum absolute atomic E-state index is 3.39. The van der Waals surface area contributed by atoms with E-state index in [0.717, 1.165) is 6.54 Å². The van der Waals surface area contributed by atoms with Gasteiger partial charge in [-0.3, -0.25) is 0 Å². The second-order valence-electron chi connectivity index (χ2n) is 4.72. The average Bonchev–Trinajstić information content (AvgIpc) is 2.05. The maximum atomic E-state index is 3.39. The van der Waals surface area contributed by atoms with E-state index in [1.807, 2.05) is 0 Å². The molecule has 0 aliphatic carbocycles. The smallest absolute Gasteiger partial charge is 0.00439 e. The average molecular weight is 185 g/mol. The van der Waals surface area contributed by atoms with Crippen LogP contribution in [0.1, 0.15) is 59.8 Å². The van der Waals surface area contributed by atoms with Crippen molar-refractivity contribution in [1.29, 1.82) is 0 Å². The minimum Gasteiger partial charge on any atom is -0.317 e. The largest absolute Gasteiger partial charge is 0.317 e. The molecule has 0 aromatic carbocycles. The molecule has 0 spiro atoms. The lowest BCUT2D eigenvalue weighted by Gasteiger charge is -2.24. The highest BCUT2D eigenvalue weighted by Crippen LogP contribution is 2.27. The Morgan fingerprint density at radius 1 is 1.00 bits per heavy atom. The van der Waals surface area contributed by atoms with E-state index in [9.17, 15) is 0 Å². The van der Waals surface area contributed by atoms with Gasteiger partial charge in [0.05, 0.1) is 0 Å². The predicted molar refractivity (Wildman–Crippen MR) is 61.1 cm³/mol. The maximum Gasteiger partial charge on any atom is -0.00439 e. The lowest BCUT2D eigenvalue weighted by atomic mass is 9.84. The minimum absolute atomic E-state index is 0.539. The summed E-state index contributed by atoms with van der Waals surface area (Å²) in [5.74, 6) is 0. The van der Waals surface area contributed by atoms with Crippen LogP contribution in [0.4, 0.5) is 0 Å². The SMILES string of the molecule is CCCCCC(C)(C)CCNCC. The van der Waals surface area contributed by atoms with Gasteiger partial charge in [-0.2, -0.15) is 0 Å². The molecule has 0 saturated heterocycles. The molecule has 0 amide bonds. The Bertz CT molecular complexity index is 95.7. The van der Waals surface area contributed by atoms with Gasteiger partial charge in [0.25, 0.3) is 0 Å². The second-order valence-corrected chi connectivity index (χ2v) is 4.72. The fourth-order valence-electron chi connectivity index (χ4n) is 1.58. The molecule has 0 fully saturated rings. The van der Waals surface area contributed by atoms with Crippen LogP contribution in [0.3, 0.4) is 0 Å². The monoisotopic (exact) mass is 185 g/mol. The zero-order chi connectivity index (χ0) is 10.2. The standard InChI is InChI=1S/C12H27N/c1-5-7-8-9-12(3,4)10-11-13-6-2/h13H,5-11H2,1-4H3. The number of unbranched alkanes of at least 4 members (excludes halogenated alkanes) is 2. The summed E-state index contributed by atoms with van der Waals surface area (Å²) in [5, 5.41) is 3.39. The van der Waals surface area contributed by atoms with E-state index in [1.54, 1.807) is 0 Å². The Morgan fingerprint density at radius 3 is 2.23 bits per heavy atom. The van der Waals surface area contributed by atoms with Gasteiger partial charge in [-0.1, -0.05) is 47.0 Å². The topological polar surface area (TPSA) is 12.0 Å². The van der Waals surface area contributed by atoms with Crippen molar-refractivity contribution >= 4 is 0 Å². The Labute approximate surface area is 84.3 Å². The van der Waals surface area contributed by atoms with Crippen LogP contribution in [-0.2, 0) is 0 Å². The third-order valence-electron chi connectivity index (χ3n) is 2.69. The van der Waals surface area contributed by atoms with Gasteiger partial charge in [0.1, 0.15) is 0 Å². The van der Waals surface area contributed by atoms with Crippen molar-refractivity contribution in [3.05, 3.63) is 0 Å². The van der Waals surface area contributed by atoms with Crippen LogP contribution >= 0.6 is 0 Å². The van der Waals surface area contributed by atoms with Crippen LogP contribution in [0.25, 0.3) is 0 Å². The van der Waals surface area contributed by atoms with Crippen molar-refractivity contribution in [3.63, 3.8) is 0 Å². The fraction of sp³-hybridized carbons (Fsp3) is 1.00. The van der Waals surface area contributed by atoms with E-state index in [-0.39, 0.29) is 0 Å². The van der Waals surface area contributed by atoms with Crippen molar-refractivity contribution < 1.29 is 0 Å². The highest BCUT2D eigenvalue weighted by atomic mass is 14.8. The molecule has 0 unspecified atom stereocenters. The number of rotatable bonds is 8. The predicted octanol–water partition coefficient (Wildman–Crippen LogP) is 3.59. The second kappa shape index (κ2) is 7.37. The van der Waals surface area contributed by atoms with E-state index in [4.69, 9.17) is 0 Å². The molecule has 0 bridgehead atoms. The molecule has 0 radical (unpaired) electrons. The van der Waals surface area contributed by atoms with E-state index >= 15 is 0 Å². The van der Waals surface area contributed by atoms with Crippen LogP contribution in [0.5, 0.6) is 0 Å². The first-order valence-corrected chi connectivity index (χ1v) is 5.83. The first-order chi connectivity index (χ1) is 6.12. The lowest BCUT2D eigenvalue weighted by Crippen LogP contribution is -2.22. The summed E-state index contributed by atoms with van der Waals surface area (Å²) in [6.07, 6.45) is 6.82. The Morgan fingerprint density at radius 2 is 1.69 bits per heavy atom. The molecule has 0 aromatic rings. The molecule has 1 nitrogen and oxygen atoms in total. The van der Waals surface area contributed by atoms with Crippen molar-refractivity contribution in [2.24, 2.45) is 5.41 Å². The van der Waals surface area contributed by atoms with Crippen LogP contribution in [0.2, 0.25) is 0 Å². The molecular formula is C12H27N. The molecule has 80 valence electrons. The fourth-order valence-corrected chi connectivity index (χ4v) is 1.58. The summed E-state index contributed by atoms with van der Waals surface area (Å²) in [5.41, 5.74) is 0.539. The minimum atomic E-state index is 0.539. The summed E-state index contributed by atoms with van der Waals surface area (Å²) in [6, 6.07) is 0. The number of hydrogen-bond donors (Lipinski definition) is 1. The van der Waals surface area contributed by atoms with E-state index < -0.39 is 0 Å². The van der Waals surface area contributed by atoms with Crippen molar-refractivity contribution in [3.8, 4) is 0 Å². The molecular weight excluding hydrogens is 158 g/mol. The molecule has 1 N–H and O–H groups in total. The van der Waals surface area contributed by atoms with E-state index in [1.165, 1.54) is 38.6 Å². The van der Waals surface area contributed by atoms with Gasteiger partial charge in [0.2, 0.25) is 0 Å². The zero-order valence-corrected chi connectivity index (χ0v) is 9.95. The van der Waals surface area contributed by atoms with Crippen LogP contribution < -0.4 is 5.32 Å². The van der Waals surface area contributed by atoms with Gasteiger partial charge in [0.15, 0.2) is 0 Å². The normalized spacial score (nSPS) is 12.0. The third kappa shape index (κ3) is 8.29. The summed E-state index contributed by atoms with van der Waals surface area (Å²) < 4.78 is 0. The van der Waals surface area contributed by atoms with Gasteiger partial charge in [0, 0.05) is 0 Å². The highest BCUT2D eigenvalue weighted by molar-refractivity contribution is 4.69. The molecule has 0 saturated carbocycles. The summed E-state index contributed by atoms with van der Waals surface area (Å²) >= 11 is 0. The van der Waals surface area contributed by atoms with E-state index in [2.05, 4.69) is 33.0 Å². The van der Waals surface area contributed by atoms with Crippen LogP contribution in [0.15, 0.2) is 0 Å².